The van der Waals surface area contributed by atoms with E-state index in [1.165, 1.54) is 0 Å². The van der Waals surface area contributed by atoms with Gasteiger partial charge in [0.05, 0.1) is 6.10 Å². The molecule has 0 bridgehead atoms. The van der Waals surface area contributed by atoms with Gasteiger partial charge in [-0.05, 0) is 37.5 Å². The van der Waals surface area contributed by atoms with E-state index < -0.39 is 0 Å². The summed E-state index contributed by atoms with van der Waals surface area (Å²) in [5, 5.41) is 9.63. The number of carbonyl (C=O) groups excluding carboxylic acids is 1. The number of fused-ring (bicyclic) bond motifs is 1. The standard InChI is InChI=1S/C13H22O2/c1-13(2,3)12(15)10-5-4-8-6-9(14)7-11(8)10/h8-11,14H,4-7H2,1-3H3. The predicted octanol–water partition coefficient (Wildman–Crippen LogP) is 2.40. The minimum Gasteiger partial charge on any atom is -0.393 e. The molecule has 0 aliphatic heterocycles. The number of aliphatic hydroxyl groups is 1. The number of carbonyl (C=O) groups is 1. The third kappa shape index (κ3) is 1.96. The zero-order valence-corrected chi connectivity index (χ0v) is 9.99. The second kappa shape index (κ2) is 3.58. The van der Waals surface area contributed by atoms with Crippen LogP contribution in [0.1, 0.15) is 46.5 Å². The van der Waals surface area contributed by atoms with Crippen molar-refractivity contribution >= 4 is 5.78 Å². The summed E-state index contributed by atoms with van der Waals surface area (Å²) in [4.78, 5) is 12.2. The molecule has 1 N–H and O–H groups in total. The van der Waals surface area contributed by atoms with E-state index in [1.54, 1.807) is 0 Å². The number of rotatable bonds is 1. The Labute approximate surface area is 92.1 Å². The largest absolute Gasteiger partial charge is 0.393 e. The van der Waals surface area contributed by atoms with Gasteiger partial charge in [0.1, 0.15) is 5.78 Å². The maximum atomic E-state index is 12.2. The van der Waals surface area contributed by atoms with Gasteiger partial charge in [-0.2, -0.15) is 0 Å². The van der Waals surface area contributed by atoms with Crippen LogP contribution in [0.3, 0.4) is 0 Å². The molecule has 2 fully saturated rings. The number of Topliss-reactive ketones (excluding diaryl/α,β-unsaturated/α-hetero) is 1. The van der Waals surface area contributed by atoms with Crippen LogP contribution >= 0.6 is 0 Å². The molecular formula is C13H22O2. The highest BCUT2D eigenvalue weighted by molar-refractivity contribution is 5.86. The first-order valence-electron chi connectivity index (χ1n) is 6.12. The second-order valence-electron chi connectivity index (χ2n) is 6.35. The average Bonchev–Trinajstić information content (AvgIpc) is 2.59. The van der Waals surface area contributed by atoms with Gasteiger partial charge in [-0.1, -0.05) is 20.8 Å². The summed E-state index contributed by atoms with van der Waals surface area (Å²) in [6.45, 7) is 6.02. The van der Waals surface area contributed by atoms with Gasteiger partial charge >= 0.3 is 0 Å². The van der Waals surface area contributed by atoms with Crippen molar-refractivity contribution in [3.63, 3.8) is 0 Å². The molecule has 2 nitrogen and oxygen atoms in total. The highest BCUT2D eigenvalue weighted by atomic mass is 16.3. The lowest BCUT2D eigenvalue weighted by molar-refractivity contribution is -0.131. The third-order valence-electron chi connectivity index (χ3n) is 4.17. The summed E-state index contributed by atoms with van der Waals surface area (Å²) >= 11 is 0. The van der Waals surface area contributed by atoms with Crippen molar-refractivity contribution in [2.24, 2.45) is 23.2 Å². The van der Waals surface area contributed by atoms with E-state index in [0.29, 0.717) is 17.6 Å². The Hall–Kier alpha value is -0.370. The summed E-state index contributed by atoms with van der Waals surface area (Å²) < 4.78 is 0. The molecule has 2 saturated carbocycles. The van der Waals surface area contributed by atoms with E-state index >= 15 is 0 Å². The van der Waals surface area contributed by atoms with Crippen molar-refractivity contribution in [3.8, 4) is 0 Å². The van der Waals surface area contributed by atoms with Crippen LogP contribution < -0.4 is 0 Å². The summed E-state index contributed by atoms with van der Waals surface area (Å²) in [7, 11) is 0. The number of aliphatic hydroxyl groups excluding tert-OH is 1. The van der Waals surface area contributed by atoms with Crippen LogP contribution in [0, 0.1) is 23.2 Å². The Balaban J connectivity index is 2.09. The molecule has 2 heteroatoms. The number of hydrogen-bond donors (Lipinski definition) is 1. The first-order valence-corrected chi connectivity index (χ1v) is 6.12. The Bertz CT molecular complexity index is 264. The Kier molecular flexibility index (Phi) is 2.66. The van der Waals surface area contributed by atoms with E-state index in [9.17, 15) is 9.90 Å². The van der Waals surface area contributed by atoms with Gasteiger partial charge in [-0.25, -0.2) is 0 Å². The monoisotopic (exact) mass is 210 g/mol. The van der Waals surface area contributed by atoms with Gasteiger partial charge in [-0.15, -0.1) is 0 Å². The predicted molar refractivity (Wildman–Crippen MR) is 59.4 cm³/mol. The molecule has 2 aliphatic rings. The summed E-state index contributed by atoms with van der Waals surface area (Å²) in [5.41, 5.74) is -0.215. The molecule has 0 spiro atoms. The smallest absolute Gasteiger partial charge is 0.141 e. The maximum absolute atomic E-state index is 12.2. The molecular weight excluding hydrogens is 188 g/mol. The zero-order chi connectivity index (χ0) is 11.2. The quantitative estimate of drug-likeness (QED) is 0.721. The van der Waals surface area contributed by atoms with Crippen LogP contribution in [0.15, 0.2) is 0 Å². The van der Waals surface area contributed by atoms with Crippen LogP contribution in [-0.2, 0) is 4.79 Å². The first-order chi connectivity index (χ1) is 6.89. The van der Waals surface area contributed by atoms with Gasteiger partial charge in [0.2, 0.25) is 0 Å². The topological polar surface area (TPSA) is 37.3 Å². The molecule has 4 atom stereocenters. The Morgan fingerprint density at radius 1 is 1.20 bits per heavy atom. The van der Waals surface area contributed by atoms with Crippen LogP contribution in [0.2, 0.25) is 0 Å². The third-order valence-corrected chi connectivity index (χ3v) is 4.17. The van der Waals surface area contributed by atoms with E-state index in [-0.39, 0.29) is 17.4 Å². The van der Waals surface area contributed by atoms with Crippen molar-refractivity contribution in [3.05, 3.63) is 0 Å². The fraction of sp³-hybridized carbons (Fsp3) is 0.923. The van der Waals surface area contributed by atoms with Gasteiger partial charge < -0.3 is 5.11 Å². The summed E-state index contributed by atoms with van der Waals surface area (Å²) in [5.74, 6) is 1.74. The van der Waals surface area contributed by atoms with Gasteiger partial charge in [0.25, 0.3) is 0 Å². The first kappa shape index (κ1) is 11.1. The van der Waals surface area contributed by atoms with Crippen LogP contribution in [0.5, 0.6) is 0 Å². The molecule has 0 aromatic carbocycles. The molecule has 0 heterocycles. The van der Waals surface area contributed by atoms with Gasteiger partial charge in [0.15, 0.2) is 0 Å². The van der Waals surface area contributed by atoms with Gasteiger partial charge in [-0.3, -0.25) is 4.79 Å². The average molecular weight is 210 g/mol. The molecule has 0 saturated heterocycles. The second-order valence-corrected chi connectivity index (χ2v) is 6.35. The van der Waals surface area contributed by atoms with Gasteiger partial charge in [0, 0.05) is 11.3 Å². The van der Waals surface area contributed by atoms with E-state index in [4.69, 9.17) is 0 Å². The fourth-order valence-electron chi connectivity index (χ4n) is 3.44. The molecule has 4 unspecified atom stereocenters. The summed E-state index contributed by atoms with van der Waals surface area (Å²) in [6.07, 6.45) is 3.85. The number of ketones is 1. The van der Waals surface area contributed by atoms with E-state index in [1.807, 2.05) is 20.8 Å². The van der Waals surface area contributed by atoms with E-state index in [2.05, 4.69) is 0 Å². The van der Waals surface area contributed by atoms with Crippen molar-refractivity contribution in [2.45, 2.75) is 52.6 Å². The highest BCUT2D eigenvalue weighted by Gasteiger charge is 2.47. The zero-order valence-electron chi connectivity index (χ0n) is 9.99. The minimum atomic E-state index is -0.215. The highest BCUT2D eigenvalue weighted by Crippen LogP contribution is 2.49. The van der Waals surface area contributed by atoms with Crippen LogP contribution in [0.4, 0.5) is 0 Å². The number of hydrogen-bond acceptors (Lipinski definition) is 2. The minimum absolute atomic E-state index is 0.143. The molecule has 86 valence electrons. The molecule has 0 aromatic heterocycles. The summed E-state index contributed by atoms with van der Waals surface area (Å²) in [6, 6.07) is 0. The molecule has 0 radical (unpaired) electrons. The molecule has 0 aromatic rings. The van der Waals surface area contributed by atoms with Crippen molar-refractivity contribution in [1.82, 2.24) is 0 Å². The van der Waals surface area contributed by atoms with Crippen molar-refractivity contribution < 1.29 is 9.90 Å². The van der Waals surface area contributed by atoms with Crippen LogP contribution in [-0.4, -0.2) is 17.0 Å². The Morgan fingerprint density at radius 2 is 1.87 bits per heavy atom. The lowest BCUT2D eigenvalue weighted by atomic mass is 9.77. The SMILES string of the molecule is CC(C)(C)C(=O)C1CCC2CC(O)CC21. The fourth-order valence-corrected chi connectivity index (χ4v) is 3.44. The normalized spacial score (nSPS) is 40.5. The molecule has 0 amide bonds. The lowest BCUT2D eigenvalue weighted by Crippen LogP contribution is -2.31. The van der Waals surface area contributed by atoms with Crippen molar-refractivity contribution in [2.75, 3.05) is 0 Å². The van der Waals surface area contributed by atoms with Crippen molar-refractivity contribution in [1.29, 1.82) is 0 Å². The van der Waals surface area contributed by atoms with Crippen LogP contribution in [0.25, 0.3) is 0 Å². The molecule has 2 aliphatic carbocycles. The molecule has 2 rings (SSSR count). The molecule has 15 heavy (non-hydrogen) atoms. The lowest BCUT2D eigenvalue weighted by Gasteiger charge is -2.25. The van der Waals surface area contributed by atoms with E-state index in [0.717, 1.165) is 25.7 Å². The maximum Gasteiger partial charge on any atom is 0.141 e. The Morgan fingerprint density at radius 3 is 2.47 bits per heavy atom.